The van der Waals surface area contributed by atoms with Crippen LogP contribution in [0.5, 0.6) is 0 Å². The maximum atomic E-state index is 11.9. The van der Waals surface area contributed by atoms with Crippen LogP contribution in [0.15, 0.2) is 16.3 Å². The minimum absolute atomic E-state index is 0.0243. The summed E-state index contributed by atoms with van der Waals surface area (Å²) < 4.78 is 25.8. The van der Waals surface area contributed by atoms with Gasteiger partial charge in [-0.05, 0) is 37.9 Å². The van der Waals surface area contributed by atoms with Gasteiger partial charge in [-0.2, -0.15) is 0 Å². The molecular formula is C13H21N3O3S2. The molecule has 0 unspecified atom stereocenters. The van der Waals surface area contributed by atoms with Gasteiger partial charge < -0.3 is 11.1 Å². The number of hydrogen-bond acceptors (Lipinski definition) is 5. The number of rotatable bonds is 6. The Kier molecular flexibility index (Phi) is 5.37. The lowest BCUT2D eigenvalue weighted by atomic mass is 10.00. The van der Waals surface area contributed by atoms with Crippen molar-refractivity contribution >= 4 is 27.3 Å². The summed E-state index contributed by atoms with van der Waals surface area (Å²) in [7, 11) is -2.03. The largest absolute Gasteiger partial charge is 0.351 e. The number of hydrogen-bond donors (Lipinski definition) is 3. The highest BCUT2D eigenvalue weighted by Crippen LogP contribution is 2.26. The lowest BCUT2D eigenvalue weighted by molar-refractivity contribution is -0.122. The molecule has 0 radical (unpaired) electrons. The first-order valence-electron chi connectivity index (χ1n) is 6.97. The number of nitrogens with one attached hydrogen (secondary N) is 2. The number of sulfonamides is 1. The van der Waals surface area contributed by atoms with E-state index in [0.717, 1.165) is 35.5 Å². The first-order chi connectivity index (χ1) is 9.92. The molecule has 1 heterocycles. The third-order valence-corrected chi connectivity index (χ3v) is 6.79. The lowest BCUT2D eigenvalue weighted by Gasteiger charge is -2.14. The van der Waals surface area contributed by atoms with E-state index in [4.69, 9.17) is 5.73 Å². The molecule has 1 aliphatic carbocycles. The van der Waals surface area contributed by atoms with Gasteiger partial charge >= 0.3 is 0 Å². The molecule has 0 saturated heterocycles. The predicted molar refractivity (Wildman–Crippen MR) is 82.3 cm³/mol. The van der Waals surface area contributed by atoms with E-state index in [-0.39, 0.29) is 22.1 Å². The molecule has 2 rings (SSSR count). The summed E-state index contributed by atoms with van der Waals surface area (Å²) in [6.07, 6.45) is 3.55. The minimum atomic E-state index is -3.40. The van der Waals surface area contributed by atoms with Crippen molar-refractivity contribution in [3.63, 3.8) is 0 Å². The summed E-state index contributed by atoms with van der Waals surface area (Å²) in [5.74, 6) is 0.248. The van der Waals surface area contributed by atoms with Gasteiger partial charge in [-0.15, -0.1) is 11.3 Å². The van der Waals surface area contributed by atoms with Crippen molar-refractivity contribution in [1.29, 1.82) is 0 Å². The fourth-order valence-corrected chi connectivity index (χ4v) is 4.65. The second kappa shape index (κ2) is 6.87. The Labute approximate surface area is 129 Å². The van der Waals surface area contributed by atoms with Crippen LogP contribution in [0.25, 0.3) is 0 Å². The van der Waals surface area contributed by atoms with Gasteiger partial charge in [0.05, 0.1) is 6.54 Å². The molecule has 4 N–H and O–H groups in total. The van der Waals surface area contributed by atoms with Crippen LogP contribution in [0.4, 0.5) is 0 Å². The van der Waals surface area contributed by atoms with E-state index in [0.29, 0.717) is 13.0 Å². The van der Waals surface area contributed by atoms with Crippen LogP contribution >= 0.6 is 11.3 Å². The van der Waals surface area contributed by atoms with Crippen LogP contribution in [-0.4, -0.2) is 27.4 Å². The maximum absolute atomic E-state index is 11.9. The van der Waals surface area contributed by atoms with Crippen molar-refractivity contribution in [3.8, 4) is 0 Å². The van der Waals surface area contributed by atoms with E-state index in [1.165, 1.54) is 7.05 Å². The molecule has 1 aromatic rings. The van der Waals surface area contributed by atoms with Gasteiger partial charge in [0, 0.05) is 17.3 Å². The number of carbonyl (C=O) groups excluding carboxylic acids is 1. The summed E-state index contributed by atoms with van der Waals surface area (Å²) in [5, 5.41) is 2.83. The summed E-state index contributed by atoms with van der Waals surface area (Å²) in [6, 6.07) is 3.39. The molecule has 1 fully saturated rings. The zero-order valence-corrected chi connectivity index (χ0v) is 13.6. The minimum Gasteiger partial charge on any atom is -0.351 e. The van der Waals surface area contributed by atoms with Gasteiger partial charge in [0.15, 0.2) is 0 Å². The van der Waals surface area contributed by atoms with Crippen molar-refractivity contribution in [1.82, 2.24) is 10.0 Å². The van der Waals surface area contributed by atoms with Crippen molar-refractivity contribution in [2.75, 3.05) is 7.05 Å². The summed E-state index contributed by atoms with van der Waals surface area (Å²) in [6.45, 7) is 0.352. The van der Waals surface area contributed by atoms with Crippen LogP contribution in [0.3, 0.4) is 0 Å². The monoisotopic (exact) mass is 331 g/mol. The second-order valence-electron chi connectivity index (χ2n) is 5.26. The smallest absolute Gasteiger partial charge is 0.249 e. The summed E-state index contributed by atoms with van der Waals surface area (Å²) >= 11 is 1.16. The van der Waals surface area contributed by atoms with E-state index in [9.17, 15) is 13.2 Å². The Bertz CT molecular complexity index is 598. The molecule has 1 amide bonds. The van der Waals surface area contributed by atoms with Gasteiger partial charge in [0.25, 0.3) is 0 Å². The summed E-state index contributed by atoms with van der Waals surface area (Å²) in [5.41, 5.74) is 5.95. The van der Waals surface area contributed by atoms with Crippen molar-refractivity contribution in [2.45, 2.75) is 42.5 Å². The van der Waals surface area contributed by atoms with Crippen molar-refractivity contribution in [2.24, 2.45) is 11.7 Å². The average molecular weight is 331 g/mol. The third kappa shape index (κ3) is 4.26. The zero-order valence-electron chi connectivity index (χ0n) is 12.0. The van der Waals surface area contributed by atoms with Crippen LogP contribution < -0.4 is 15.8 Å². The normalized spacial score (nSPS) is 22.4. The Balaban J connectivity index is 1.84. The Morgan fingerprint density at radius 1 is 1.43 bits per heavy atom. The quantitative estimate of drug-likeness (QED) is 0.717. The molecule has 1 aliphatic rings. The molecule has 0 aromatic carbocycles. The molecule has 2 atom stereocenters. The second-order valence-corrected chi connectivity index (χ2v) is 8.55. The van der Waals surface area contributed by atoms with E-state index >= 15 is 0 Å². The topological polar surface area (TPSA) is 101 Å². The highest BCUT2D eigenvalue weighted by atomic mass is 32.2. The number of amides is 1. The molecule has 118 valence electrons. The summed E-state index contributed by atoms with van der Waals surface area (Å²) in [4.78, 5) is 12.7. The molecule has 6 nitrogen and oxygen atoms in total. The Hall–Kier alpha value is -0.960. The zero-order chi connectivity index (χ0) is 15.5. The van der Waals surface area contributed by atoms with E-state index in [2.05, 4.69) is 10.0 Å². The molecule has 1 aromatic heterocycles. The predicted octanol–water partition coefficient (Wildman–Crippen LogP) is 0.790. The standard InChI is InChI=1S/C13H21N3O3S2/c1-15-21(18,19)13-6-5-10(20-13)8-16-12(17)7-9-3-2-4-11(9)14/h5-6,9,11,15H,2-4,7-8,14H2,1H3,(H,16,17)/t9-,11+/m0/s1. The van der Waals surface area contributed by atoms with E-state index in [1.807, 2.05) is 0 Å². The van der Waals surface area contributed by atoms with E-state index < -0.39 is 10.0 Å². The van der Waals surface area contributed by atoms with Crippen molar-refractivity contribution < 1.29 is 13.2 Å². The molecule has 0 bridgehead atoms. The number of thiophene rings is 1. The van der Waals surface area contributed by atoms with Crippen LogP contribution in [0.1, 0.15) is 30.6 Å². The van der Waals surface area contributed by atoms with Crippen LogP contribution in [0.2, 0.25) is 0 Å². The highest BCUT2D eigenvalue weighted by molar-refractivity contribution is 7.91. The SMILES string of the molecule is CNS(=O)(=O)c1ccc(CNC(=O)C[C@@H]2CCC[C@H]2N)s1. The molecule has 21 heavy (non-hydrogen) atoms. The van der Waals surface area contributed by atoms with Crippen molar-refractivity contribution in [3.05, 3.63) is 17.0 Å². The fourth-order valence-electron chi connectivity index (χ4n) is 2.51. The Morgan fingerprint density at radius 2 is 2.19 bits per heavy atom. The van der Waals surface area contributed by atoms with Crippen LogP contribution in [0, 0.1) is 5.92 Å². The molecule has 0 spiro atoms. The highest BCUT2D eigenvalue weighted by Gasteiger charge is 2.26. The molecule has 0 aliphatic heterocycles. The first-order valence-corrected chi connectivity index (χ1v) is 9.27. The van der Waals surface area contributed by atoms with E-state index in [1.54, 1.807) is 12.1 Å². The van der Waals surface area contributed by atoms with Gasteiger partial charge in [-0.1, -0.05) is 6.42 Å². The van der Waals surface area contributed by atoms with Gasteiger partial charge in [-0.25, -0.2) is 13.1 Å². The number of nitrogens with two attached hydrogens (primary N) is 1. The molecule has 8 heteroatoms. The third-order valence-electron chi connectivity index (χ3n) is 3.80. The number of carbonyl (C=O) groups is 1. The maximum Gasteiger partial charge on any atom is 0.249 e. The lowest BCUT2D eigenvalue weighted by Crippen LogP contribution is -2.31. The average Bonchev–Trinajstić information content (AvgIpc) is 3.07. The van der Waals surface area contributed by atoms with Crippen LogP contribution in [-0.2, 0) is 21.4 Å². The van der Waals surface area contributed by atoms with Gasteiger partial charge in [-0.3, -0.25) is 4.79 Å². The fraction of sp³-hybridized carbons (Fsp3) is 0.615. The molecular weight excluding hydrogens is 310 g/mol. The first kappa shape index (κ1) is 16.4. The molecule has 1 saturated carbocycles. The van der Waals surface area contributed by atoms with Gasteiger partial charge in [0.2, 0.25) is 15.9 Å². The Morgan fingerprint density at radius 3 is 2.81 bits per heavy atom. The van der Waals surface area contributed by atoms with Gasteiger partial charge in [0.1, 0.15) is 4.21 Å².